The largest absolute Gasteiger partial charge is 0.367 e. The smallest absolute Gasteiger partial charge is 0.317 e. The quantitative estimate of drug-likeness (QED) is 0.265. The molecule has 42 heavy (non-hydrogen) atoms. The van der Waals surface area contributed by atoms with E-state index in [1.807, 2.05) is 6.92 Å². The van der Waals surface area contributed by atoms with Crippen molar-refractivity contribution in [2.75, 3.05) is 61.8 Å². The van der Waals surface area contributed by atoms with Crippen molar-refractivity contribution in [1.29, 1.82) is 0 Å². The van der Waals surface area contributed by atoms with Crippen LogP contribution in [0, 0.1) is 0 Å². The van der Waals surface area contributed by atoms with Gasteiger partial charge in [-0.2, -0.15) is 0 Å². The molecule has 0 aliphatic carbocycles. The Morgan fingerprint density at radius 3 is 2.36 bits per heavy atom. The summed E-state index contributed by atoms with van der Waals surface area (Å²) in [6.07, 6.45) is 1.43. The molecule has 14 heteroatoms. The van der Waals surface area contributed by atoms with Gasteiger partial charge in [0.2, 0.25) is 0 Å². The number of carbonyl (C=O) groups excluding carboxylic acids is 3. The predicted molar refractivity (Wildman–Crippen MR) is 171 cm³/mol. The van der Waals surface area contributed by atoms with Gasteiger partial charge in [-0.15, -0.1) is 11.3 Å². The minimum Gasteiger partial charge on any atom is -0.367 e. The van der Waals surface area contributed by atoms with Crippen molar-refractivity contribution in [2.45, 2.75) is 20.4 Å². The molecule has 0 spiro atoms. The zero-order valence-corrected chi connectivity index (χ0v) is 26.6. The van der Waals surface area contributed by atoms with E-state index in [1.54, 1.807) is 35.5 Å². The standard InChI is InChI=1S/C28H32Cl3N7O3S/c1-4-36-8-10-38(11-9-36)21-13-19(30)12-20(26(39)34-22-7-6-18(29)14-33-22)24(21)35-27(40)25-23(31)17(16-42-25)15-37(5-2)28(41)32-3/h6-7,12-14,16H,4-5,8-11,15H2,1-3H3,(H,32,41)(H,35,40)(H,33,34,39). The summed E-state index contributed by atoms with van der Waals surface area (Å²) in [7, 11) is 1.56. The monoisotopic (exact) mass is 651 g/mol. The number of nitrogens with one attached hydrogen (secondary N) is 3. The highest BCUT2D eigenvalue weighted by molar-refractivity contribution is 7.13. The van der Waals surface area contributed by atoms with Crippen molar-refractivity contribution < 1.29 is 14.4 Å². The fourth-order valence-corrected chi connectivity index (χ4v) is 6.16. The van der Waals surface area contributed by atoms with Crippen LogP contribution in [0.1, 0.15) is 39.4 Å². The number of carbonyl (C=O) groups is 3. The second-order valence-corrected chi connectivity index (χ2v) is 11.6. The van der Waals surface area contributed by atoms with Gasteiger partial charge in [0.25, 0.3) is 11.8 Å². The Balaban J connectivity index is 1.68. The van der Waals surface area contributed by atoms with E-state index in [9.17, 15) is 14.4 Å². The number of pyridine rings is 1. The normalized spacial score (nSPS) is 13.5. The summed E-state index contributed by atoms with van der Waals surface area (Å²) in [6.45, 7) is 8.64. The summed E-state index contributed by atoms with van der Waals surface area (Å²) in [5, 5.41) is 11.1. The van der Waals surface area contributed by atoms with E-state index < -0.39 is 11.8 Å². The summed E-state index contributed by atoms with van der Waals surface area (Å²) in [5.74, 6) is -0.686. The van der Waals surface area contributed by atoms with Gasteiger partial charge in [0.15, 0.2) is 0 Å². The first kappa shape index (κ1) is 31.8. The van der Waals surface area contributed by atoms with Crippen LogP contribution in [0.25, 0.3) is 0 Å². The minimum absolute atomic E-state index is 0.171. The molecule has 10 nitrogen and oxygen atoms in total. The molecule has 3 heterocycles. The number of aromatic nitrogens is 1. The molecule has 1 aliphatic rings. The topological polar surface area (TPSA) is 110 Å². The van der Waals surface area contributed by atoms with Crippen molar-refractivity contribution in [1.82, 2.24) is 20.1 Å². The number of hydrogen-bond donors (Lipinski definition) is 3. The van der Waals surface area contributed by atoms with Gasteiger partial charge in [0, 0.05) is 63.1 Å². The van der Waals surface area contributed by atoms with Crippen LogP contribution in [0.15, 0.2) is 35.8 Å². The van der Waals surface area contributed by atoms with Gasteiger partial charge in [-0.1, -0.05) is 41.7 Å². The van der Waals surface area contributed by atoms with E-state index >= 15 is 0 Å². The number of thiophene rings is 1. The van der Waals surface area contributed by atoms with Crippen LogP contribution in [0.3, 0.4) is 0 Å². The summed E-state index contributed by atoms with van der Waals surface area (Å²) < 4.78 is 0. The first-order chi connectivity index (χ1) is 20.1. The van der Waals surface area contributed by atoms with Crippen LogP contribution in [-0.2, 0) is 6.54 Å². The number of benzene rings is 1. The second kappa shape index (κ2) is 14.4. The molecule has 0 unspecified atom stereocenters. The van der Waals surface area contributed by atoms with Gasteiger partial charge in [-0.3, -0.25) is 9.59 Å². The van der Waals surface area contributed by atoms with Crippen molar-refractivity contribution in [3.05, 3.63) is 66.9 Å². The zero-order valence-electron chi connectivity index (χ0n) is 23.5. The molecule has 2 aromatic heterocycles. The minimum atomic E-state index is -0.502. The lowest BCUT2D eigenvalue weighted by molar-refractivity contribution is 0.102. The van der Waals surface area contributed by atoms with Crippen LogP contribution in [0.2, 0.25) is 15.1 Å². The van der Waals surface area contributed by atoms with Crippen molar-refractivity contribution in [3.8, 4) is 0 Å². The Kier molecular flexibility index (Phi) is 10.9. The van der Waals surface area contributed by atoms with E-state index in [-0.39, 0.29) is 28.0 Å². The van der Waals surface area contributed by atoms with E-state index in [1.165, 1.54) is 23.6 Å². The highest BCUT2D eigenvalue weighted by atomic mass is 35.5. The Bertz CT molecular complexity index is 1440. The van der Waals surface area contributed by atoms with Crippen molar-refractivity contribution in [2.24, 2.45) is 0 Å². The first-order valence-corrected chi connectivity index (χ1v) is 15.4. The highest BCUT2D eigenvalue weighted by Gasteiger charge is 2.27. The third-order valence-electron chi connectivity index (χ3n) is 6.95. The molecule has 4 rings (SSSR count). The van der Waals surface area contributed by atoms with Crippen LogP contribution in [0.5, 0.6) is 0 Å². The molecule has 0 atom stereocenters. The average molecular weight is 653 g/mol. The second-order valence-electron chi connectivity index (χ2n) is 9.51. The predicted octanol–water partition coefficient (Wildman–Crippen LogP) is 5.91. The summed E-state index contributed by atoms with van der Waals surface area (Å²) in [6, 6.07) is 6.21. The maximum Gasteiger partial charge on any atom is 0.317 e. The SMILES string of the molecule is CCN1CCN(c2cc(Cl)cc(C(=O)Nc3ccc(Cl)cn3)c2NC(=O)c2scc(CN(CC)C(=O)NC)c2Cl)CC1. The number of urea groups is 1. The molecule has 4 amide bonds. The molecular formula is C28H32Cl3N7O3S. The van der Waals surface area contributed by atoms with Gasteiger partial charge in [-0.25, -0.2) is 9.78 Å². The molecule has 0 radical (unpaired) electrons. The lowest BCUT2D eigenvalue weighted by atomic mass is 10.1. The lowest BCUT2D eigenvalue weighted by Crippen LogP contribution is -2.46. The Morgan fingerprint density at radius 1 is 1.00 bits per heavy atom. The molecule has 1 fully saturated rings. The number of piperazine rings is 1. The molecule has 3 aromatic rings. The molecule has 1 aliphatic heterocycles. The number of likely N-dealkylation sites (N-methyl/N-ethyl adjacent to an activating group) is 1. The van der Waals surface area contributed by atoms with Crippen LogP contribution in [0.4, 0.5) is 22.0 Å². The van der Waals surface area contributed by atoms with Crippen molar-refractivity contribution >= 4 is 81.2 Å². The number of halogens is 3. The molecule has 0 saturated carbocycles. The van der Waals surface area contributed by atoms with E-state index in [0.29, 0.717) is 52.4 Å². The fraction of sp³-hybridized carbons (Fsp3) is 0.357. The first-order valence-electron chi connectivity index (χ1n) is 13.4. The highest BCUT2D eigenvalue weighted by Crippen LogP contribution is 2.37. The molecule has 3 N–H and O–H groups in total. The maximum absolute atomic E-state index is 13.7. The van der Waals surface area contributed by atoms with E-state index in [0.717, 1.165) is 19.6 Å². The van der Waals surface area contributed by atoms with E-state index in [2.05, 4.69) is 37.7 Å². The summed E-state index contributed by atoms with van der Waals surface area (Å²) >= 11 is 20.3. The summed E-state index contributed by atoms with van der Waals surface area (Å²) in [5.41, 5.74) is 1.76. The molecular weight excluding hydrogens is 621 g/mol. The Morgan fingerprint density at radius 2 is 1.74 bits per heavy atom. The Labute approximate surface area is 263 Å². The number of amides is 4. The van der Waals surface area contributed by atoms with Gasteiger partial charge >= 0.3 is 6.03 Å². The third-order valence-corrected chi connectivity index (χ3v) is 8.96. The average Bonchev–Trinajstić information content (AvgIpc) is 3.36. The third kappa shape index (κ3) is 7.45. The summed E-state index contributed by atoms with van der Waals surface area (Å²) in [4.78, 5) is 49.8. The Hall–Kier alpha value is -3.09. The van der Waals surface area contributed by atoms with Crippen LogP contribution < -0.4 is 20.9 Å². The molecule has 0 bridgehead atoms. The zero-order chi connectivity index (χ0) is 30.4. The van der Waals surface area contributed by atoms with Crippen molar-refractivity contribution in [3.63, 3.8) is 0 Å². The van der Waals surface area contributed by atoms with Crippen LogP contribution >= 0.6 is 46.1 Å². The number of rotatable bonds is 9. The van der Waals surface area contributed by atoms with Gasteiger partial charge in [0.05, 0.1) is 27.0 Å². The van der Waals surface area contributed by atoms with Gasteiger partial charge < -0.3 is 30.7 Å². The number of hydrogen-bond acceptors (Lipinski definition) is 7. The van der Waals surface area contributed by atoms with E-state index in [4.69, 9.17) is 34.8 Å². The maximum atomic E-state index is 13.7. The lowest BCUT2D eigenvalue weighted by Gasteiger charge is -2.36. The van der Waals surface area contributed by atoms with Crippen LogP contribution in [-0.4, -0.2) is 78.9 Å². The van der Waals surface area contributed by atoms with Gasteiger partial charge in [0.1, 0.15) is 10.7 Å². The van der Waals surface area contributed by atoms with Gasteiger partial charge in [-0.05, 0) is 43.1 Å². The molecule has 1 aromatic carbocycles. The molecule has 1 saturated heterocycles. The number of anilines is 3. The molecule has 224 valence electrons. The number of nitrogens with zero attached hydrogens (tertiary/aromatic N) is 4. The fourth-order valence-electron chi connectivity index (χ4n) is 4.59.